The second-order valence-corrected chi connectivity index (χ2v) is 5.02. The highest BCUT2D eigenvalue weighted by Gasteiger charge is 2.19. The standard InChI is InChI=1S/C13H23N5O3/c1-3-4-5-6-9(2)15-11(19)8-18-10(7-14)12(13(20)21)16-17-18/h9H,3-8,14H2,1-2H3,(H,15,19)(H,20,21). The Morgan fingerprint density at radius 1 is 1.43 bits per heavy atom. The van der Waals surface area contributed by atoms with E-state index in [1.807, 2.05) is 6.92 Å². The van der Waals surface area contributed by atoms with Crippen molar-refractivity contribution in [2.75, 3.05) is 0 Å². The van der Waals surface area contributed by atoms with E-state index < -0.39 is 5.97 Å². The number of rotatable bonds is 9. The first-order valence-electron chi connectivity index (χ1n) is 7.14. The molecule has 0 aliphatic carbocycles. The molecule has 0 saturated carbocycles. The Morgan fingerprint density at radius 2 is 2.14 bits per heavy atom. The summed E-state index contributed by atoms with van der Waals surface area (Å²) in [6.07, 6.45) is 4.26. The average Bonchev–Trinajstić information content (AvgIpc) is 2.81. The summed E-state index contributed by atoms with van der Waals surface area (Å²) in [6, 6.07) is 0.0767. The second kappa shape index (κ2) is 8.35. The highest BCUT2D eigenvalue weighted by Crippen LogP contribution is 2.06. The minimum Gasteiger partial charge on any atom is -0.476 e. The van der Waals surface area contributed by atoms with Gasteiger partial charge in [0.05, 0.1) is 5.69 Å². The van der Waals surface area contributed by atoms with Gasteiger partial charge in [-0.25, -0.2) is 9.48 Å². The van der Waals surface area contributed by atoms with E-state index in [-0.39, 0.29) is 36.4 Å². The number of hydrogen-bond donors (Lipinski definition) is 3. The van der Waals surface area contributed by atoms with Crippen molar-refractivity contribution in [1.29, 1.82) is 0 Å². The third-order valence-electron chi connectivity index (χ3n) is 3.17. The van der Waals surface area contributed by atoms with Crippen LogP contribution in [0, 0.1) is 0 Å². The maximum atomic E-state index is 11.9. The van der Waals surface area contributed by atoms with Gasteiger partial charge in [0, 0.05) is 12.6 Å². The van der Waals surface area contributed by atoms with Gasteiger partial charge in [0.25, 0.3) is 0 Å². The number of aromatic carboxylic acids is 1. The lowest BCUT2D eigenvalue weighted by molar-refractivity contribution is -0.122. The fourth-order valence-electron chi connectivity index (χ4n) is 2.06. The Balaban J connectivity index is 2.57. The Bertz CT molecular complexity index is 486. The van der Waals surface area contributed by atoms with Crippen molar-refractivity contribution < 1.29 is 14.7 Å². The van der Waals surface area contributed by atoms with Crippen LogP contribution in [0.5, 0.6) is 0 Å². The molecule has 0 aliphatic heterocycles. The normalized spacial score (nSPS) is 12.1. The van der Waals surface area contributed by atoms with Crippen molar-refractivity contribution in [2.24, 2.45) is 5.73 Å². The van der Waals surface area contributed by atoms with Gasteiger partial charge in [-0.3, -0.25) is 4.79 Å². The van der Waals surface area contributed by atoms with Gasteiger partial charge in [-0.2, -0.15) is 0 Å². The van der Waals surface area contributed by atoms with Crippen molar-refractivity contribution in [2.45, 2.75) is 58.7 Å². The smallest absolute Gasteiger partial charge is 0.358 e. The Labute approximate surface area is 123 Å². The van der Waals surface area contributed by atoms with Crippen LogP contribution in [0.2, 0.25) is 0 Å². The minimum atomic E-state index is -1.20. The lowest BCUT2D eigenvalue weighted by atomic mass is 10.1. The number of carboxylic acids is 1. The van der Waals surface area contributed by atoms with Crippen LogP contribution in [0.3, 0.4) is 0 Å². The van der Waals surface area contributed by atoms with E-state index in [1.165, 1.54) is 4.68 Å². The molecule has 1 aromatic rings. The van der Waals surface area contributed by atoms with Crippen LogP contribution < -0.4 is 11.1 Å². The van der Waals surface area contributed by atoms with Gasteiger partial charge in [-0.15, -0.1) is 5.10 Å². The maximum absolute atomic E-state index is 11.9. The highest BCUT2D eigenvalue weighted by molar-refractivity contribution is 5.86. The summed E-state index contributed by atoms with van der Waals surface area (Å²) in [5.41, 5.74) is 5.54. The molecule has 1 unspecified atom stereocenters. The first-order valence-corrected chi connectivity index (χ1v) is 7.14. The molecular formula is C13H23N5O3. The maximum Gasteiger partial charge on any atom is 0.358 e. The van der Waals surface area contributed by atoms with Crippen LogP contribution in [0.15, 0.2) is 0 Å². The molecular weight excluding hydrogens is 274 g/mol. The molecule has 8 nitrogen and oxygen atoms in total. The van der Waals surface area contributed by atoms with Gasteiger partial charge in [-0.05, 0) is 13.3 Å². The topological polar surface area (TPSA) is 123 Å². The van der Waals surface area contributed by atoms with Gasteiger partial charge in [-0.1, -0.05) is 31.4 Å². The van der Waals surface area contributed by atoms with Gasteiger partial charge < -0.3 is 16.2 Å². The van der Waals surface area contributed by atoms with Crippen LogP contribution >= 0.6 is 0 Å². The zero-order valence-electron chi connectivity index (χ0n) is 12.5. The molecule has 0 spiro atoms. The molecule has 118 valence electrons. The molecule has 1 rings (SSSR count). The van der Waals surface area contributed by atoms with E-state index in [9.17, 15) is 9.59 Å². The lowest BCUT2D eigenvalue weighted by Crippen LogP contribution is -2.35. The van der Waals surface area contributed by atoms with Crippen LogP contribution in [0.1, 0.15) is 55.7 Å². The molecule has 1 amide bonds. The van der Waals surface area contributed by atoms with Crippen LogP contribution in [0.25, 0.3) is 0 Å². The summed E-state index contributed by atoms with van der Waals surface area (Å²) in [4.78, 5) is 22.8. The summed E-state index contributed by atoms with van der Waals surface area (Å²) in [6.45, 7) is 3.96. The van der Waals surface area contributed by atoms with Crippen LogP contribution in [-0.2, 0) is 17.9 Å². The van der Waals surface area contributed by atoms with Gasteiger partial charge >= 0.3 is 5.97 Å². The Kier molecular flexibility index (Phi) is 6.80. The molecule has 1 atom stereocenters. The summed E-state index contributed by atoms with van der Waals surface area (Å²) in [5.74, 6) is -1.43. The number of aromatic nitrogens is 3. The largest absolute Gasteiger partial charge is 0.476 e. The zero-order valence-corrected chi connectivity index (χ0v) is 12.5. The van der Waals surface area contributed by atoms with Crippen molar-refractivity contribution in [1.82, 2.24) is 20.3 Å². The average molecular weight is 297 g/mol. The first kappa shape index (κ1) is 17.1. The monoisotopic (exact) mass is 297 g/mol. The molecule has 0 aromatic carbocycles. The summed E-state index contributed by atoms with van der Waals surface area (Å²) in [5, 5.41) is 19.0. The lowest BCUT2D eigenvalue weighted by Gasteiger charge is -2.14. The molecule has 1 heterocycles. The molecule has 1 aromatic heterocycles. The molecule has 0 bridgehead atoms. The van der Waals surface area contributed by atoms with E-state index >= 15 is 0 Å². The summed E-state index contributed by atoms with van der Waals surface area (Å²) in [7, 11) is 0. The van der Waals surface area contributed by atoms with Crippen molar-refractivity contribution >= 4 is 11.9 Å². The molecule has 0 saturated heterocycles. The number of carbonyl (C=O) groups is 2. The number of nitrogens with two attached hydrogens (primary N) is 1. The van der Waals surface area contributed by atoms with Gasteiger partial charge in [0.1, 0.15) is 6.54 Å². The van der Waals surface area contributed by atoms with Gasteiger partial charge in [0.2, 0.25) is 5.91 Å². The molecule has 8 heteroatoms. The fourth-order valence-corrected chi connectivity index (χ4v) is 2.06. The number of amides is 1. The van der Waals surface area contributed by atoms with Crippen LogP contribution in [0.4, 0.5) is 0 Å². The number of hydrogen-bond acceptors (Lipinski definition) is 5. The third-order valence-corrected chi connectivity index (χ3v) is 3.17. The van der Waals surface area contributed by atoms with E-state index in [4.69, 9.17) is 10.8 Å². The van der Waals surface area contributed by atoms with Crippen molar-refractivity contribution in [3.8, 4) is 0 Å². The molecule has 21 heavy (non-hydrogen) atoms. The summed E-state index contributed by atoms with van der Waals surface area (Å²) >= 11 is 0. The third kappa shape index (κ3) is 5.14. The number of nitrogens with one attached hydrogen (secondary N) is 1. The fraction of sp³-hybridized carbons (Fsp3) is 0.692. The minimum absolute atomic E-state index is 0.0338. The molecule has 4 N–H and O–H groups in total. The number of nitrogens with zero attached hydrogens (tertiary/aromatic N) is 3. The van der Waals surface area contributed by atoms with Crippen LogP contribution in [-0.4, -0.2) is 38.0 Å². The molecule has 0 fully saturated rings. The van der Waals surface area contributed by atoms with E-state index in [1.54, 1.807) is 0 Å². The van der Waals surface area contributed by atoms with E-state index in [0.29, 0.717) is 0 Å². The predicted molar refractivity (Wildman–Crippen MR) is 76.6 cm³/mol. The second-order valence-electron chi connectivity index (χ2n) is 5.02. The highest BCUT2D eigenvalue weighted by atomic mass is 16.4. The van der Waals surface area contributed by atoms with Gasteiger partial charge in [0.15, 0.2) is 5.69 Å². The quantitative estimate of drug-likeness (QED) is 0.571. The predicted octanol–water partition coefficient (Wildman–Crippen LogP) is 0.520. The van der Waals surface area contributed by atoms with Crippen molar-refractivity contribution in [3.05, 3.63) is 11.4 Å². The first-order chi connectivity index (χ1) is 9.99. The zero-order chi connectivity index (χ0) is 15.8. The Morgan fingerprint density at radius 3 is 2.71 bits per heavy atom. The number of carboxylic acid groups (broad SMARTS) is 1. The van der Waals surface area contributed by atoms with E-state index in [0.717, 1.165) is 25.7 Å². The summed E-state index contributed by atoms with van der Waals surface area (Å²) < 4.78 is 1.23. The van der Waals surface area contributed by atoms with Crippen molar-refractivity contribution in [3.63, 3.8) is 0 Å². The van der Waals surface area contributed by atoms with E-state index in [2.05, 4.69) is 22.6 Å². The number of unbranched alkanes of at least 4 members (excludes halogenated alkanes) is 2. The Hall–Kier alpha value is -1.96. The molecule has 0 aliphatic rings. The number of carbonyl (C=O) groups excluding carboxylic acids is 1. The molecule has 0 radical (unpaired) electrons. The SMILES string of the molecule is CCCCCC(C)NC(=O)Cn1nnc(C(=O)O)c1CN.